The summed E-state index contributed by atoms with van der Waals surface area (Å²) in [6.07, 6.45) is 1.34. The van der Waals surface area contributed by atoms with Crippen molar-refractivity contribution in [3.05, 3.63) is 67.9 Å². The van der Waals surface area contributed by atoms with Crippen LogP contribution in [0.4, 0.5) is 9.18 Å². The summed E-state index contributed by atoms with van der Waals surface area (Å²) in [5.41, 5.74) is 0.720. The molecule has 0 aromatic heterocycles. The zero-order chi connectivity index (χ0) is 19.6. The van der Waals surface area contributed by atoms with Gasteiger partial charge in [-0.05, 0) is 61.7 Å². The first-order valence-corrected chi connectivity index (χ1v) is 9.17. The average Bonchev–Trinajstić information content (AvgIpc) is 2.59. The second-order valence-electron chi connectivity index (χ2n) is 5.49. The van der Waals surface area contributed by atoms with Crippen LogP contribution in [0.3, 0.4) is 0 Å². The highest BCUT2D eigenvalue weighted by Gasteiger charge is 2.27. The molecule has 1 fully saturated rings. The van der Waals surface area contributed by atoms with Crippen LogP contribution in [0.5, 0.6) is 5.75 Å². The molecule has 0 saturated carbocycles. The van der Waals surface area contributed by atoms with Gasteiger partial charge < -0.3 is 4.74 Å². The number of hydrogen-bond acceptors (Lipinski definition) is 4. The molecular weight excluding hydrogens is 487 g/mol. The topological polar surface area (TPSA) is 84.5 Å². The van der Waals surface area contributed by atoms with E-state index >= 15 is 0 Å². The van der Waals surface area contributed by atoms with Crippen molar-refractivity contribution in [2.75, 3.05) is 0 Å². The molecule has 1 heterocycles. The van der Waals surface area contributed by atoms with Gasteiger partial charge in [-0.2, -0.15) is 0 Å². The van der Waals surface area contributed by atoms with E-state index in [1.165, 1.54) is 12.1 Å². The molecule has 0 radical (unpaired) electrons. The Morgan fingerprint density at radius 3 is 2.19 bits per heavy atom. The van der Waals surface area contributed by atoms with E-state index in [-0.39, 0.29) is 18.0 Å². The third kappa shape index (κ3) is 4.42. The smallest absolute Gasteiger partial charge is 0.328 e. The standard InChI is InChI=1S/C18H11Br2FN2O4/c19-12-6-9(5-11-16(24)22-18(26)23-17(11)25)7-13(20)15(12)27-8-10-3-1-2-4-14(10)21/h1-7H,8H2,(H2,22,23,24,25,26). The molecule has 27 heavy (non-hydrogen) atoms. The monoisotopic (exact) mass is 496 g/mol. The van der Waals surface area contributed by atoms with Crippen molar-refractivity contribution in [1.29, 1.82) is 0 Å². The molecule has 0 bridgehead atoms. The van der Waals surface area contributed by atoms with Crippen LogP contribution in [0.25, 0.3) is 6.08 Å². The van der Waals surface area contributed by atoms with Crippen LogP contribution in [0, 0.1) is 5.82 Å². The second-order valence-corrected chi connectivity index (χ2v) is 7.20. The number of rotatable bonds is 4. The Balaban J connectivity index is 1.84. The van der Waals surface area contributed by atoms with Gasteiger partial charge in [-0.1, -0.05) is 18.2 Å². The fourth-order valence-electron chi connectivity index (χ4n) is 2.34. The van der Waals surface area contributed by atoms with Crippen LogP contribution >= 0.6 is 31.9 Å². The number of urea groups is 1. The summed E-state index contributed by atoms with van der Waals surface area (Å²) < 4.78 is 20.5. The number of benzene rings is 2. The molecule has 1 aliphatic rings. The first-order chi connectivity index (χ1) is 12.8. The van der Waals surface area contributed by atoms with E-state index in [0.29, 0.717) is 25.8 Å². The van der Waals surface area contributed by atoms with Crippen LogP contribution in [0.2, 0.25) is 0 Å². The van der Waals surface area contributed by atoms with Gasteiger partial charge in [0.05, 0.1) is 8.95 Å². The van der Waals surface area contributed by atoms with Crippen molar-refractivity contribution in [3.8, 4) is 5.75 Å². The number of hydrogen-bond donors (Lipinski definition) is 2. The maximum Gasteiger partial charge on any atom is 0.328 e. The van der Waals surface area contributed by atoms with E-state index in [0.717, 1.165) is 0 Å². The maximum atomic E-state index is 13.7. The highest BCUT2D eigenvalue weighted by Crippen LogP contribution is 2.36. The van der Waals surface area contributed by atoms with Gasteiger partial charge in [0.1, 0.15) is 23.7 Å². The lowest BCUT2D eigenvalue weighted by molar-refractivity contribution is -0.123. The minimum atomic E-state index is -0.860. The predicted molar refractivity (Wildman–Crippen MR) is 102 cm³/mol. The molecule has 2 aromatic rings. The van der Waals surface area contributed by atoms with Gasteiger partial charge in [0, 0.05) is 5.56 Å². The molecule has 0 aliphatic carbocycles. The summed E-state index contributed by atoms with van der Waals surface area (Å²) in [5, 5.41) is 4.01. The van der Waals surface area contributed by atoms with Gasteiger partial charge in [-0.15, -0.1) is 0 Å². The lowest BCUT2D eigenvalue weighted by Gasteiger charge is -2.15. The minimum Gasteiger partial charge on any atom is -0.486 e. The van der Waals surface area contributed by atoms with Crippen molar-refractivity contribution in [2.24, 2.45) is 0 Å². The van der Waals surface area contributed by atoms with Crippen LogP contribution in [0.15, 0.2) is 50.9 Å². The molecular formula is C18H11Br2FN2O4. The number of barbiturate groups is 1. The van der Waals surface area contributed by atoms with E-state index < -0.39 is 17.8 Å². The van der Waals surface area contributed by atoms with Crippen LogP contribution in [0.1, 0.15) is 11.1 Å². The highest BCUT2D eigenvalue weighted by atomic mass is 79.9. The molecule has 138 valence electrons. The van der Waals surface area contributed by atoms with Crippen molar-refractivity contribution in [1.82, 2.24) is 10.6 Å². The Bertz CT molecular complexity index is 946. The van der Waals surface area contributed by atoms with Gasteiger partial charge in [0.25, 0.3) is 11.8 Å². The zero-order valence-corrected chi connectivity index (χ0v) is 16.7. The Morgan fingerprint density at radius 1 is 1.00 bits per heavy atom. The van der Waals surface area contributed by atoms with E-state index in [1.807, 2.05) is 10.6 Å². The zero-order valence-electron chi connectivity index (χ0n) is 13.5. The van der Waals surface area contributed by atoms with Crippen molar-refractivity contribution in [2.45, 2.75) is 6.61 Å². The molecule has 9 heteroatoms. The number of amides is 4. The minimum absolute atomic E-state index is 0.0250. The van der Waals surface area contributed by atoms with Crippen molar-refractivity contribution in [3.63, 3.8) is 0 Å². The summed E-state index contributed by atoms with van der Waals surface area (Å²) in [7, 11) is 0. The molecule has 0 unspecified atom stereocenters. The van der Waals surface area contributed by atoms with Crippen LogP contribution < -0.4 is 15.4 Å². The molecule has 3 rings (SSSR count). The van der Waals surface area contributed by atoms with Gasteiger partial charge in [-0.25, -0.2) is 9.18 Å². The van der Waals surface area contributed by atoms with Crippen LogP contribution in [-0.4, -0.2) is 17.8 Å². The predicted octanol–water partition coefficient (Wildman–Crippen LogP) is 3.68. The summed E-state index contributed by atoms with van der Waals surface area (Å²) in [4.78, 5) is 34.7. The summed E-state index contributed by atoms with van der Waals surface area (Å²) >= 11 is 6.72. The molecule has 4 amide bonds. The quantitative estimate of drug-likeness (QED) is 0.498. The second kappa shape index (κ2) is 8.01. The molecule has 0 spiro atoms. The van der Waals surface area contributed by atoms with Gasteiger partial charge in [-0.3, -0.25) is 20.2 Å². The SMILES string of the molecule is O=C1NC(=O)C(=Cc2cc(Br)c(OCc3ccccc3F)c(Br)c2)C(=O)N1. The van der Waals surface area contributed by atoms with Gasteiger partial charge in [0.2, 0.25) is 0 Å². The van der Waals surface area contributed by atoms with E-state index in [2.05, 4.69) is 31.9 Å². The lowest BCUT2D eigenvalue weighted by Crippen LogP contribution is -2.51. The van der Waals surface area contributed by atoms with Gasteiger partial charge >= 0.3 is 6.03 Å². The molecule has 2 aromatic carbocycles. The summed E-state index contributed by atoms with van der Waals surface area (Å²) in [6, 6.07) is 8.68. The first-order valence-electron chi connectivity index (χ1n) is 7.59. The Kier molecular flexibility index (Phi) is 5.71. The molecule has 2 N–H and O–H groups in total. The number of ether oxygens (including phenoxy) is 1. The molecule has 1 aliphatic heterocycles. The van der Waals surface area contributed by atoms with E-state index in [4.69, 9.17) is 4.74 Å². The summed E-state index contributed by atoms with van der Waals surface area (Å²) in [6.45, 7) is 0.0250. The molecule has 1 saturated heterocycles. The third-order valence-electron chi connectivity index (χ3n) is 3.60. The fourth-order valence-corrected chi connectivity index (χ4v) is 3.79. The Morgan fingerprint density at radius 2 is 1.59 bits per heavy atom. The van der Waals surface area contributed by atoms with Gasteiger partial charge in [0.15, 0.2) is 0 Å². The molecule has 6 nitrogen and oxygen atoms in total. The summed E-state index contributed by atoms with van der Waals surface area (Å²) in [5.74, 6) is -1.49. The van der Waals surface area contributed by atoms with E-state index in [9.17, 15) is 18.8 Å². The number of carbonyl (C=O) groups excluding carboxylic acids is 3. The normalized spacial score (nSPS) is 13.9. The number of halogens is 3. The van der Waals surface area contributed by atoms with Crippen LogP contribution in [-0.2, 0) is 16.2 Å². The lowest BCUT2D eigenvalue weighted by atomic mass is 10.1. The maximum absolute atomic E-state index is 13.7. The highest BCUT2D eigenvalue weighted by molar-refractivity contribution is 9.11. The van der Waals surface area contributed by atoms with E-state index in [1.54, 1.807) is 30.3 Å². The van der Waals surface area contributed by atoms with Crippen molar-refractivity contribution >= 4 is 55.8 Å². The largest absolute Gasteiger partial charge is 0.486 e. The Labute approximate surface area is 170 Å². The number of nitrogens with one attached hydrogen (secondary N) is 2. The first kappa shape index (κ1) is 19.2. The third-order valence-corrected chi connectivity index (χ3v) is 4.78. The number of imide groups is 2. The number of carbonyl (C=O) groups is 3. The average molecular weight is 498 g/mol. The van der Waals surface area contributed by atoms with Crippen molar-refractivity contribution < 1.29 is 23.5 Å². The fraction of sp³-hybridized carbons (Fsp3) is 0.0556. The Hall–Kier alpha value is -2.52. The molecule has 0 atom stereocenters.